The fourth-order valence-electron chi connectivity index (χ4n) is 3.19. The van der Waals surface area contributed by atoms with Crippen LogP contribution in [0.2, 0.25) is 0 Å². The van der Waals surface area contributed by atoms with Crippen LogP contribution in [0.5, 0.6) is 0 Å². The van der Waals surface area contributed by atoms with Crippen LogP contribution >= 0.6 is 0 Å². The third-order valence-corrected chi connectivity index (χ3v) is 4.38. The lowest BCUT2D eigenvalue weighted by Crippen LogP contribution is -2.24. The van der Waals surface area contributed by atoms with E-state index >= 15 is 0 Å². The minimum Gasteiger partial charge on any atom is -0.385 e. The Hall–Kier alpha value is -1.02. The van der Waals surface area contributed by atoms with Gasteiger partial charge in [0.05, 0.1) is 12.2 Å². The van der Waals surface area contributed by atoms with Crippen LogP contribution in [-0.2, 0) is 4.74 Å². The number of hydrogen-bond acceptors (Lipinski definition) is 2. The molecule has 2 aliphatic rings. The van der Waals surface area contributed by atoms with Gasteiger partial charge >= 0.3 is 0 Å². The molecule has 2 heteroatoms. The molecule has 2 heterocycles. The van der Waals surface area contributed by atoms with Crippen molar-refractivity contribution in [1.82, 2.24) is 0 Å². The average molecular weight is 245 g/mol. The molecular weight excluding hydrogens is 222 g/mol. The van der Waals surface area contributed by atoms with Crippen molar-refractivity contribution >= 4 is 5.69 Å². The Morgan fingerprint density at radius 2 is 2.00 bits per heavy atom. The van der Waals surface area contributed by atoms with E-state index in [0.29, 0.717) is 24.0 Å². The number of hydrogen-bond donors (Lipinski definition) is 1. The minimum absolute atomic E-state index is 0.525. The van der Waals surface area contributed by atoms with E-state index in [0.717, 1.165) is 6.54 Å². The summed E-state index contributed by atoms with van der Waals surface area (Å²) in [6.45, 7) is 5.52. The molecule has 98 valence electrons. The molecular formula is C16H23NO. The Kier molecular flexibility index (Phi) is 3.29. The Bertz CT molecular complexity index is 398. The highest BCUT2D eigenvalue weighted by Gasteiger charge is 2.40. The van der Waals surface area contributed by atoms with Crippen molar-refractivity contribution in [3.8, 4) is 0 Å². The average Bonchev–Trinajstić information content (AvgIpc) is 2.99. The summed E-state index contributed by atoms with van der Waals surface area (Å²) in [4.78, 5) is 0. The maximum atomic E-state index is 5.88. The third kappa shape index (κ3) is 2.39. The number of anilines is 1. The molecule has 0 aromatic heterocycles. The van der Waals surface area contributed by atoms with Crippen LogP contribution in [0.1, 0.15) is 44.6 Å². The Labute approximate surface area is 110 Å². The Balaban J connectivity index is 1.54. The zero-order valence-electron chi connectivity index (χ0n) is 11.4. The molecule has 18 heavy (non-hydrogen) atoms. The monoisotopic (exact) mass is 245 g/mol. The summed E-state index contributed by atoms with van der Waals surface area (Å²) < 4.78 is 5.88. The van der Waals surface area contributed by atoms with Crippen molar-refractivity contribution in [3.05, 3.63) is 29.8 Å². The molecule has 3 rings (SSSR count). The molecule has 0 amide bonds. The van der Waals surface area contributed by atoms with Crippen molar-refractivity contribution in [2.75, 3.05) is 11.9 Å². The van der Waals surface area contributed by atoms with E-state index in [9.17, 15) is 0 Å². The van der Waals surface area contributed by atoms with E-state index in [1.54, 1.807) is 0 Å². The Morgan fingerprint density at radius 3 is 2.56 bits per heavy atom. The minimum atomic E-state index is 0.525. The van der Waals surface area contributed by atoms with Gasteiger partial charge < -0.3 is 10.1 Å². The number of rotatable bonds is 4. The van der Waals surface area contributed by atoms with Crippen LogP contribution < -0.4 is 5.32 Å². The van der Waals surface area contributed by atoms with E-state index in [2.05, 4.69) is 43.4 Å². The van der Waals surface area contributed by atoms with Gasteiger partial charge in [-0.05, 0) is 42.9 Å². The quantitative estimate of drug-likeness (QED) is 0.871. The summed E-state index contributed by atoms with van der Waals surface area (Å²) in [7, 11) is 0. The molecule has 2 bridgehead atoms. The maximum absolute atomic E-state index is 5.88. The topological polar surface area (TPSA) is 21.3 Å². The molecule has 3 unspecified atom stereocenters. The second-order valence-corrected chi connectivity index (χ2v) is 6.03. The molecule has 2 fully saturated rings. The van der Waals surface area contributed by atoms with E-state index < -0.39 is 0 Å². The summed E-state index contributed by atoms with van der Waals surface area (Å²) in [6.07, 6.45) is 4.89. The van der Waals surface area contributed by atoms with Gasteiger partial charge in [-0.2, -0.15) is 0 Å². The zero-order valence-corrected chi connectivity index (χ0v) is 11.4. The molecule has 2 saturated heterocycles. The predicted molar refractivity (Wildman–Crippen MR) is 75.0 cm³/mol. The van der Waals surface area contributed by atoms with Crippen LogP contribution in [-0.4, -0.2) is 18.8 Å². The van der Waals surface area contributed by atoms with Crippen molar-refractivity contribution in [2.45, 2.75) is 51.2 Å². The number of benzene rings is 1. The number of fused-ring (bicyclic) bond motifs is 2. The summed E-state index contributed by atoms with van der Waals surface area (Å²) in [5.74, 6) is 1.33. The van der Waals surface area contributed by atoms with E-state index in [-0.39, 0.29) is 0 Å². The fraction of sp³-hybridized carbons (Fsp3) is 0.625. The second-order valence-electron chi connectivity index (χ2n) is 6.03. The highest BCUT2D eigenvalue weighted by molar-refractivity contribution is 5.45. The van der Waals surface area contributed by atoms with Crippen LogP contribution in [0.25, 0.3) is 0 Å². The first-order valence-electron chi connectivity index (χ1n) is 7.21. The van der Waals surface area contributed by atoms with Gasteiger partial charge in [-0.1, -0.05) is 26.0 Å². The van der Waals surface area contributed by atoms with Gasteiger partial charge in [-0.3, -0.25) is 0 Å². The van der Waals surface area contributed by atoms with Gasteiger partial charge in [-0.15, -0.1) is 0 Å². The van der Waals surface area contributed by atoms with E-state index in [4.69, 9.17) is 4.74 Å². The van der Waals surface area contributed by atoms with Crippen LogP contribution in [0.3, 0.4) is 0 Å². The molecule has 2 aliphatic heterocycles. The highest BCUT2D eigenvalue weighted by atomic mass is 16.5. The van der Waals surface area contributed by atoms with E-state index in [1.807, 2.05) is 0 Å². The zero-order chi connectivity index (χ0) is 12.5. The second kappa shape index (κ2) is 4.93. The van der Waals surface area contributed by atoms with Crippen molar-refractivity contribution in [3.63, 3.8) is 0 Å². The standard InChI is InChI=1S/C16H23NO/c1-11(2)12-3-5-14(6-4-12)17-10-13-9-15-7-8-16(13)18-15/h3-6,11,13,15-17H,7-10H2,1-2H3. The van der Waals surface area contributed by atoms with Crippen molar-refractivity contribution in [1.29, 1.82) is 0 Å². The molecule has 1 aromatic carbocycles. The van der Waals surface area contributed by atoms with Gasteiger partial charge in [0.25, 0.3) is 0 Å². The lowest BCUT2D eigenvalue weighted by molar-refractivity contribution is 0.0941. The smallest absolute Gasteiger partial charge is 0.0625 e. The molecule has 0 aliphatic carbocycles. The SMILES string of the molecule is CC(C)c1ccc(NCC2CC3CCC2O3)cc1. The molecule has 1 aromatic rings. The first-order valence-corrected chi connectivity index (χ1v) is 7.21. The van der Waals surface area contributed by atoms with E-state index in [1.165, 1.54) is 30.5 Å². The maximum Gasteiger partial charge on any atom is 0.0625 e. The first-order chi connectivity index (χ1) is 8.72. The number of ether oxygens (including phenoxy) is 1. The summed E-state index contributed by atoms with van der Waals surface area (Å²) >= 11 is 0. The van der Waals surface area contributed by atoms with Crippen LogP contribution in [0, 0.1) is 5.92 Å². The lowest BCUT2D eigenvalue weighted by Gasteiger charge is -2.19. The summed E-state index contributed by atoms with van der Waals surface area (Å²) in [5, 5.41) is 3.56. The van der Waals surface area contributed by atoms with Crippen LogP contribution in [0.15, 0.2) is 24.3 Å². The molecule has 3 atom stereocenters. The fourth-order valence-corrected chi connectivity index (χ4v) is 3.19. The van der Waals surface area contributed by atoms with Gasteiger partial charge in [0.2, 0.25) is 0 Å². The number of nitrogens with one attached hydrogen (secondary N) is 1. The predicted octanol–water partition coefficient (Wildman–Crippen LogP) is 3.79. The molecule has 0 spiro atoms. The highest BCUT2D eigenvalue weighted by Crippen LogP contribution is 2.38. The Morgan fingerprint density at radius 1 is 1.22 bits per heavy atom. The molecule has 2 nitrogen and oxygen atoms in total. The normalized spacial score (nSPS) is 30.1. The van der Waals surface area contributed by atoms with Gasteiger partial charge in [0, 0.05) is 18.2 Å². The van der Waals surface area contributed by atoms with Gasteiger partial charge in [0.1, 0.15) is 0 Å². The molecule has 0 saturated carbocycles. The molecule has 1 N–H and O–H groups in total. The lowest BCUT2D eigenvalue weighted by atomic mass is 9.89. The van der Waals surface area contributed by atoms with Crippen molar-refractivity contribution in [2.24, 2.45) is 5.92 Å². The van der Waals surface area contributed by atoms with Gasteiger partial charge in [0.15, 0.2) is 0 Å². The third-order valence-electron chi connectivity index (χ3n) is 4.38. The summed E-state index contributed by atoms with van der Waals surface area (Å²) in [5.41, 5.74) is 2.64. The van der Waals surface area contributed by atoms with Crippen LogP contribution in [0.4, 0.5) is 5.69 Å². The summed E-state index contributed by atoms with van der Waals surface area (Å²) in [6, 6.07) is 8.85. The molecule has 0 radical (unpaired) electrons. The van der Waals surface area contributed by atoms with Gasteiger partial charge in [-0.25, -0.2) is 0 Å². The van der Waals surface area contributed by atoms with Crippen molar-refractivity contribution < 1.29 is 4.74 Å². The largest absolute Gasteiger partial charge is 0.385 e. The first kappa shape index (κ1) is 12.0.